The van der Waals surface area contributed by atoms with Gasteiger partial charge in [-0.05, 0) is 6.92 Å². The second-order valence-corrected chi connectivity index (χ2v) is 2.12. The Hall–Kier alpha value is -0.665. The number of aliphatic carboxylic acids is 1. The summed E-state index contributed by atoms with van der Waals surface area (Å²) in [6.45, 7) is 1.22. The summed E-state index contributed by atoms with van der Waals surface area (Å²) in [5.41, 5.74) is 1.77. The third kappa shape index (κ3) is 4.26. The molecular formula is C4H10BNO6. The Morgan fingerprint density at radius 2 is 2.08 bits per heavy atom. The highest BCUT2D eigenvalue weighted by Gasteiger charge is 2.24. The van der Waals surface area contributed by atoms with E-state index in [2.05, 4.69) is 4.76 Å². The Morgan fingerprint density at radius 3 is 2.33 bits per heavy atom. The Morgan fingerprint density at radius 1 is 1.58 bits per heavy atom. The van der Waals surface area contributed by atoms with Gasteiger partial charge in [-0.15, -0.1) is 0 Å². The van der Waals surface area contributed by atoms with Crippen molar-refractivity contribution >= 4 is 13.3 Å². The van der Waals surface area contributed by atoms with Gasteiger partial charge in [-0.25, -0.2) is 0 Å². The van der Waals surface area contributed by atoms with E-state index in [9.17, 15) is 4.79 Å². The van der Waals surface area contributed by atoms with Crippen LogP contribution in [-0.2, 0) is 9.55 Å². The van der Waals surface area contributed by atoms with Crippen LogP contribution in [-0.4, -0.2) is 45.7 Å². The van der Waals surface area contributed by atoms with Crippen LogP contribution in [0.3, 0.4) is 0 Å². The van der Waals surface area contributed by atoms with E-state index >= 15 is 0 Å². The van der Waals surface area contributed by atoms with E-state index in [1.165, 1.54) is 6.92 Å². The SMILES string of the molecule is C[C@@H](O)[C@H](NOB(O)O)C(=O)O. The van der Waals surface area contributed by atoms with Gasteiger partial charge in [-0.3, -0.25) is 9.55 Å². The molecule has 0 aliphatic carbocycles. The zero-order chi connectivity index (χ0) is 9.72. The molecule has 0 aliphatic heterocycles. The Kier molecular flexibility index (Phi) is 4.78. The third-order valence-corrected chi connectivity index (χ3v) is 1.05. The van der Waals surface area contributed by atoms with Crippen LogP contribution in [0.2, 0.25) is 0 Å². The molecule has 0 heterocycles. The molecule has 7 nitrogen and oxygen atoms in total. The van der Waals surface area contributed by atoms with Crippen LogP contribution in [0.25, 0.3) is 0 Å². The molecule has 5 N–H and O–H groups in total. The molecule has 0 bridgehead atoms. The summed E-state index contributed by atoms with van der Waals surface area (Å²) in [7, 11) is -2.12. The van der Waals surface area contributed by atoms with Crippen LogP contribution in [0.4, 0.5) is 0 Å². The summed E-state index contributed by atoms with van der Waals surface area (Å²) < 4.78 is 3.95. The van der Waals surface area contributed by atoms with Crippen molar-refractivity contribution in [2.45, 2.75) is 19.1 Å². The van der Waals surface area contributed by atoms with Gasteiger partial charge in [0.05, 0.1) is 6.10 Å². The van der Waals surface area contributed by atoms with Crippen LogP contribution in [0.5, 0.6) is 0 Å². The maximum Gasteiger partial charge on any atom is 0.651 e. The topological polar surface area (TPSA) is 119 Å². The van der Waals surface area contributed by atoms with Gasteiger partial charge in [-0.2, -0.15) is 5.48 Å². The molecule has 0 aromatic carbocycles. The number of aliphatic hydroxyl groups excluding tert-OH is 1. The van der Waals surface area contributed by atoms with Gasteiger partial charge in [0.25, 0.3) is 0 Å². The Bertz CT molecular complexity index is 150. The van der Waals surface area contributed by atoms with Crippen LogP contribution in [0, 0.1) is 0 Å². The lowest BCUT2D eigenvalue weighted by Gasteiger charge is -2.16. The van der Waals surface area contributed by atoms with Crippen molar-refractivity contribution in [1.29, 1.82) is 0 Å². The van der Waals surface area contributed by atoms with Gasteiger partial charge in [0.2, 0.25) is 0 Å². The molecule has 0 unspecified atom stereocenters. The molecule has 70 valence electrons. The van der Waals surface area contributed by atoms with Gasteiger partial charge >= 0.3 is 13.3 Å². The van der Waals surface area contributed by atoms with Gasteiger partial charge in [0.1, 0.15) is 0 Å². The zero-order valence-electron chi connectivity index (χ0n) is 6.34. The molecule has 12 heavy (non-hydrogen) atoms. The molecule has 0 saturated carbocycles. The van der Waals surface area contributed by atoms with E-state index < -0.39 is 25.4 Å². The molecule has 0 radical (unpaired) electrons. The number of rotatable bonds is 5. The highest BCUT2D eigenvalue weighted by atomic mass is 16.7. The molecule has 0 rings (SSSR count). The van der Waals surface area contributed by atoms with Crippen molar-refractivity contribution in [3.63, 3.8) is 0 Å². The van der Waals surface area contributed by atoms with Crippen molar-refractivity contribution in [1.82, 2.24) is 5.48 Å². The molecule has 0 aromatic rings. The second-order valence-electron chi connectivity index (χ2n) is 2.12. The van der Waals surface area contributed by atoms with E-state index in [1.807, 2.05) is 0 Å². The van der Waals surface area contributed by atoms with Crippen LogP contribution < -0.4 is 5.48 Å². The van der Waals surface area contributed by atoms with Gasteiger partial charge in [0, 0.05) is 0 Å². The van der Waals surface area contributed by atoms with E-state index in [1.54, 1.807) is 5.48 Å². The number of carbonyl (C=O) groups is 1. The van der Waals surface area contributed by atoms with Crippen molar-refractivity contribution in [2.24, 2.45) is 0 Å². The monoisotopic (exact) mass is 179 g/mol. The molecule has 0 spiro atoms. The zero-order valence-corrected chi connectivity index (χ0v) is 6.34. The van der Waals surface area contributed by atoms with E-state index in [-0.39, 0.29) is 0 Å². The second kappa shape index (κ2) is 5.06. The van der Waals surface area contributed by atoms with Gasteiger partial charge in [-0.1, -0.05) is 0 Å². The quantitative estimate of drug-likeness (QED) is 0.230. The highest BCUT2D eigenvalue weighted by Crippen LogP contribution is 1.92. The average molecular weight is 179 g/mol. The Balaban J connectivity index is 3.88. The summed E-state index contributed by atoms with van der Waals surface area (Å²) in [4.78, 5) is 10.3. The van der Waals surface area contributed by atoms with Crippen LogP contribution in [0.15, 0.2) is 0 Å². The fourth-order valence-electron chi connectivity index (χ4n) is 0.489. The first kappa shape index (κ1) is 11.3. The number of carboxylic acids is 1. The normalized spacial score (nSPS) is 15.3. The summed E-state index contributed by atoms with van der Waals surface area (Å²) in [5.74, 6) is -1.36. The predicted octanol–water partition coefficient (Wildman–Crippen LogP) is -2.69. The predicted molar refractivity (Wildman–Crippen MR) is 37.5 cm³/mol. The van der Waals surface area contributed by atoms with Gasteiger partial charge in [0.15, 0.2) is 6.04 Å². The van der Waals surface area contributed by atoms with Crippen molar-refractivity contribution in [3.05, 3.63) is 0 Å². The number of hydrogen-bond acceptors (Lipinski definition) is 6. The highest BCUT2D eigenvalue weighted by molar-refractivity contribution is 6.32. The Labute approximate surface area is 68.7 Å². The van der Waals surface area contributed by atoms with E-state index in [4.69, 9.17) is 20.3 Å². The first-order valence-electron chi connectivity index (χ1n) is 3.13. The number of hydroxylamine groups is 1. The summed E-state index contributed by atoms with van der Waals surface area (Å²) >= 11 is 0. The molecule has 2 atom stereocenters. The number of nitrogens with one attached hydrogen (secondary N) is 1. The van der Waals surface area contributed by atoms with Crippen LogP contribution >= 0.6 is 0 Å². The standard InChI is InChI=1S/C4H10BNO6/c1-2(7)3(4(8)9)6-12-5(10)11/h2-3,6-7,10-11H,1H3,(H,8,9)/t2-,3+/m1/s1. The maximum atomic E-state index is 10.3. The number of hydrogen-bond donors (Lipinski definition) is 5. The van der Waals surface area contributed by atoms with Crippen molar-refractivity contribution < 1.29 is 29.8 Å². The summed E-state index contributed by atoms with van der Waals surface area (Å²) in [6, 6.07) is -1.40. The number of aliphatic hydroxyl groups is 1. The molecule has 0 amide bonds. The maximum absolute atomic E-state index is 10.3. The first-order valence-corrected chi connectivity index (χ1v) is 3.13. The largest absolute Gasteiger partial charge is 0.651 e. The van der Waals surface area contributed by atoms with Crippen molar-refractivity contribution in [3.8, 4) is 0 Å². The molecular weight excluding hydrogens is 169 g/mol. The minimum Gasteiger partial charge on any atom is -0.480 e. The summed E-state index contributed by atoms with van der Waals surface area (Å²) in [5, 5.41) is 33.5. The molecule has 0 fully saturated rings. The lowest BCUT2D eigenvalue weighted by atomic mass is 10.2. The smallest absolute Gasteiger partial charge is 0.480 e. The van der Waals surface area contributed by atoms with Crippen LogP contribution in [0.1, 0.15) is 6.92 Å². The fourth-order valence-corrected chi connectivity index (χ4v) is 0.489. The molecule has 0 aliphatic rings. The molecule has 0 saturated heterocycles. The fraction of sp³-hybridized carbons (Fsp3) is 0.750. The van der Waals surface area contributed by atoms with E-state index in [0.29, 0.717) is 0 Å². The number of carboxylic acid groups (broad SMARTS) is 1. The van der Waals surface area contributed by atoms with Crippen molar-refractivity contribution in [2.75, 3.05) is 0 Å². The minimum atomic E-state index is -2.12. The average Bonchev–Trinajstić information content (AvgIpc) is 1.84. The molecule has 0 aromatic heterocycles. The van der Waals surface area contributed by atoms with E-state index in [0.717, 1.165) is 0 Å². The first-order chi connectivity index (χ1) is 5.45. The lowest BCUT2D eigenvalue weighted by Crippen LogP contribution is -2.47. The minimum absolute atomic E-state index is 1.21. The summed E-state index contributed by atoms with van der Waals surface area (Å²) in [6.07, 6.45) is -1.21. The molecule has 8 heteroatoms. The lowest BCUT2D eigenvalue weighted by molar-refractivity contribution is -0.145. The van der Waals surface area contributed by atoms with Gasteiger partial charge < -0.3 is 20.3 Å². The third-order valence-electron chi connectivity index (χ3n) is 1.05.